The summed E-state index contributed by atoms with van der Waals surface area (Å²) in [6, 6.07) is 9.75. The maximum atomic E-state index is 8.86. The van der Waals surface area contributed by atoms with Gasteiger partial charge < -0.3 is 10.6 Å². The zero-order valence-corrected chi connectivity index (χ0v) is 10.9. The van der Waals surface area contributed by atoms with Crippen LogP contribution in [-0.2, 0) is 13.1 Å². The smallest absolute Gasteiger partial charge is 0.185 e. The van der Waals surface area contributed by atoms with E-state index in [0.717, 1.165) is 22.9 Å². The Morgan fingerprint density at radius 3 is 3.00 bits per heavy atom. The molecular weight excluding hydrogens is 244 g/mol. The molecule has 0 saturated carbocycles. The van der Waals surface area contributed by atoms with E-state index in [0.29, 0.717) is 12.1 Å². The summed E-state index contributed by atoms with van der Waals surface area (Å²) in [6.07, 6.45) is 0. The number of benzene rings is 1. The fourth-order valence-electron chi connectivity index (χ4n) is 1.65. The molecule has 1 aromatic heterocycles. The average Bonchev–Trinajstić information content (AvgIpc) is 2.88. The lowest BCUT2D eigenvalue weighted by Crippen LogP contribution is -2.16. The fourth-order valence-corrected chi connectivity index (χ4v) is 2.45. The molecule has 5 heteroatoms. The average molecular weight is 258 g/mol. The number of anilines is 1. The van der Waals surface area contributed by atoms with Gasteiger partial charge in [0.05, 0.1) is 17.3 Å². The maximum absolute atomic E-state index is 8.86. The number of aromatic nitrogens is 1. The van der Waals surface area contributed by atoms with Crippen LogP contribution in [0.4, 0.5) is 5.13 Å². The first-order valence-corrected chi connectivity index (χ1v) is 6.45. The minimum absolute atomic E-state index is 0.467. The van der Waals surface area contributed by atoms with Crippen LogP contribution in [0.2, 0.25) is 0 Å². The van der Waals surface area contributed by atoms with Crippen molar-refractivity contribution in [3.8, 4) is 6.07 Å². The van der Waals surface area contributed by atoms with E-state index in [1.165, 1.54) is 0 Å². The molecule has 0 bridgehead atoms. The zero-order valence-electron chi connectivity index (χ0n) is 10.1. The molecule has 0 atom stereocenters. The predicted molar refractivity (Wildman–Crippen MR) is 73.3 cm³/mol. The van der Waals surface area contributed by atoms with E-state index in [1.807, 2.05) is 30.6 Å². The third-order valence-corrected chi connectivity index (χ3v) is 3.55. The van der Waals surface area contributed by atoms with Gasteiger partial charge in [-0.25, -0.2) is 4.98 Å². The van der Waals surface area contributed by atoms with Gasteiger partial charge in [0.2, 0.25) is 0 Å². The Morgan fingerprint density at radius 1 is 1.50 bits per heavy atom. The van der Waals surface area contributed by atoms with Crippen LogP contribution in [0.25, 0.3) is 0 Å². The quantitative estimate of drug-likeness (QED) is 0.912. The molecule has 0 aliphatic heterocycles. The van der Waals surface area contributed by atoms with Crippen molar-refractivity contribution in [1.82, 2.24) is 4.98 Å². The Labute approximate surface area is 110 Å². The monoisotopic (exact) mass is 258 g/mol. The van der Waals surface area contributed by atoms with Crippen molar-refractivity contribution in [3.63, 3.8) is 0 Å². The largest absolute Gasteiger partial charge is 0.347 e. The Morgan fingerprint density at radius 2 is 2.33 bits per heavy atom. The van der Waals surface area contributed by atoms with Gasteiger partial charge in [-0.15, -0.1) is 11.3 Å². The molecule has 2 N–H and O–H groups in total. The summed E-state index contributed by atoms with van der Waals surface area (Å²) in [7, 11) is 1.98. The normalized spacial score (nSPS) is 10.1. The SMILES string of the molecule is CN(Cc1cccc(C#N)c1)c1nc(CN)cs1. The van der Waals surface area contributed by atoms with Crippen LogP contribution >= 0.6 is 11.3 Å². The molecule has 0 spiro atoms. The van der Waals surface area contributed by atoms with E-state index < -0.39 is 0 Å². The van der Waals surface area contributed by atoms with Crippen LogP contribution in [0, 0.1) is 11.3 Å². The van der Waals surface area contributed by atoms with Gasteiger partial charge in [-0.2, -0.15) is 5.26 Å². The Kier molecular flexibility index (Phi) is 3.92. The van der Waals surface area contributed by atoms with Gasteiger partial charge in [0.15, 0.2) is 5.13 Å². The number of hydrogen-bond donors (Lipinski definition) is 1. The molecule has 2 aromatic rings. The highest BCUT2D eigenvalue weighted by Crippen LogP contribution is 2.21. The maximum Gasteiger partial charge on any atom is 0.185 e. The van der Waals surface area contributed by atoms with Crippen molar-refractivity contribution in [2.75, 3.05) is 11.9 Å². The van der Waals surface area contributed by atoms with Crippen molar-refractivity contribution in [1.29, 1.82) is 5.26 Å². The Hall–Kier alpha value is -1.90. The van der Waals surface area contributed by atoms with Crippen LogP contribution in [0.15, 0.2) is 29.6 Å². The Balaban J connectivity index is 2.11. The van der Waals surface area contributed by atoms with Gasteiger partial charge in [0, 0.05) is 25.5 Å². The highest BCUT2D eigenvalue weighted by atomic mass is 32.1. The van der Waals surface area contributed by atoms with Crippen molar-refractivity contribution in [2.45, 2.75) is 13.1 Å². The van der Waals surface area contributed by atoms with E-state index in [-0.39, 0.29) is 0 Å². The second kappa shape index (κ2) is 5.63. The lowest BCUT2D eigenvalue weighted by atomic mass is 10.1. The van der Waals surface area contributed by atoms with Crippen molar-refractivity contribution in [3.05, 3.63) is 46.5 Å². The lowest BCUT2D eigenvalue weighted by molar-refractivity contribution is 0.900. The minimum Gasteiger partial charge on any atom is -0.347 e. The van der Waals surface area contributed by atoms with Gasteiger partial charge >= 0.3 is 0 Å². The summed E-state index contributed by atoms with van der Waals surface area (Å²) in [5, 5.41) is 11.8. The molecule has 0 amide bonds. The van der Waals surface area contributed by atoms with E-state index in [2.05, 4.69) is 16.0 Å². The number of rotatable bonds is 4. The lowest BCUT2D eigenvalue weighted by Gasteiger charge is -2.15. The number of hydrogen-bond acceptors (Lipinski definition) is 5. The van der Waals surface area contributed by atoms with Crippen LogP contribution in [0.1, 0.15) is 16.8 Å². The molecule has 0 fully saturated rings. The third-order valence-electron chi connectivity index (χ3n) is 2.55. The summed E-state index contributed by atoms with van der Waals surface area (Å²) in [4.78, 5) is 6.48. The van der Waals surface area contributed by atoms with Crippen molar-refractivity contribution in [2.24, 2.45) is 5.73 Å². The van der Waals surface area contributed by atoms with Gasteiger partial charge in [0.25, 0.3) is 0 Å². The number of thiazole rings is 1. The van der Waals surface area contributed by atoms with Gasteiger partial charge in [-0.3, -0.25) is 0 Å². The molecule has 0 saturated heterocycles. The molecule has 18 heavy (non-hydrogen) atoms. The topological polar surface area (TPSA) is 65.9 Å². The number of nitrogens with zero attached hydrogens (tertiary/aromatic N) is 3. The first-order chi connectivity index (χ1) is 8.72. The summed E-state index contributed by atoms with van der Waals surface area (Å²) >= 11 is 1.58. The summed E-state index contributed by atoms with van der Waals surface area (Å²) in [5.74, 6) is 0. The molecule has 0 radical (unpaired) electrons. The molecule has 4 nitrogen and oxygen atoms in total. The van der Waals surface area contributed by atoms with Crippen LogP contribution < -0.4 is 10.6 Å². The molecule has 0 aliphatic rings. The molecular formula is C13H14N4S. The van der Waals surface area contributed by atoms with Crippen LogP contribution in [0.5, 0.6) is 0 Å². The number of nitrogens with two attached hydrogens (primary N) is 1. The highest BCUT2D eigenvalue weighted by Gasteiger charge is 2.07. The number of nitriles is 1. The second-order valence-electron chi connectivity index (χ2n) is 3.99. The molecule has 1 aromatic carbocycles. The van der Waals surface area contributed by atoms with Crippen molar-refractivity contribution < 1.29 is 0 Å². The summed E-state index contributed by atoms with van der Waals surface area (Å²) in [5.41, 5.74) is 8.23. The third kappa shape index (κ3) is 2.86. The highest BCUT2D eigenvalue weighted by molar-refractivity contribution is 7.13. The second-order valence-corrected chi connectivity index (χ2v) is 4.83. The van der Waals surface area contributed by atoms with E-state index in [4.69, 9.17) is 11.0 Å². The summed E-state index contributed by atoms with van der Waals surface area (Å²) < 4.78 is 0. The molecule has 2 rings (SSSR count). The van der Waals surface area contributed by atoms with Gasteiger partial charge in [0.1, 0.15) is 0 Å². The minimum atomic E-state index is 0.467. The van der Waals surface area contributed by atoms with Crippen LogP contribution in [0.3, 0.4) is 0 Å². The molecule has 92 valence electrons. The van der Waals surface area contributed by atoms with Crippen molar-refractivity contribution >= 4 is 16.5 Å². The molecule has 1 heterocycles. The predicted octanol–water partition coefficient (Wildman–Crippen LogP) is 2.11. The van der Waals surface area contributed by atoms with Crippen LogP contribution in [-0.4, -0.2) is 12.0 Å². The van der Waals surface area contributed by atoms with E-state index in [9.17, 15) is 0 Å². The molecule has 0 aliphatic carbocycles. The zero-order chi connectivity index (χ0) is 13.0. The standard InChI is InChI=1S/C13H14N4S/c1-17(13-16-12(7-15)9-18-13)8-11-4-2-3-10(5-11)6-14/h2-5,9H,7-8,15H2,1H3. The Bertz CT molecular complexity index is 570. The molecule has 0 unspecified atom stereocenters. The first kappa shape index (κ1) is 12.6. The van der Waals surface area contributed by atoms with E-state index in [1.54, 1.807) is 17.4 Å². The van der Waals surface area contributed by atoms with E-state index >= 15 is 0 Å². The van der Waals surface area contributed by atoms with Gasteiger partial charge in [-0.05, 0) is 17.7 Å². The van der Waals surface area contributed by atoms with Gasteiger partial charge in [-0.1, -0.05) is 12.1 Å². The fraction of sp³-hybridized carbons (Fsp3) is 0.231. The first-order valence-electron chi connectivity index (χ1n) is 5.57. The summed E-state index contributed by atoms with van der Waals surface area (Å²) in [6.45, 7) is 1.20.